The molecule has 0 saturated carbocycles. The van der Waals surface area contributed by atoms with Crippen LogP contribution in [-0.4, -0.2) is 42.1 Å². The highest BCUT2D eigenvalue weighted by atomic mass is 32.1. The molecule has 1 aromatic carbocycles. The van der Waals surface area contributed by atoms with Gasteiger partial charge in [-0.1, -0.05) is 0 Å². The van der Waals surface area contributed by atoms with E-state index in [4.69, 9.17) is 4.98 Å². The molecule has 144 valence electrons. The van der Waals surface area contributed by atoms with Crippen molar-refractivity contribution in [2.75, 3.05) is 41.3 Å². The Morgan fingerprint density at radius 2 is 1.79 bits per heavy atom. The van der Waals surface area contributed by atoms with Gasteiger partial charge < -0.3 is 15.1 Å². The fraction of sp³-hybridized carbons (Fsp3) is 0.250. The van der Waals surface area contributed by atoms with E-state index in [0.29, 0.717) is 5.82 Å². The third-order valence-corrected chi connectivity index (χ3v) is 5.50. The standard InChI is InChI=1S/C20H20FN5OS/c1-14(27)23-19-7-6-17(12-22-19)25-8-10-26(11-9-25)20-24-18(13-28-20)15-2-4-16(21)5-3-15/h2-7,12-13H,8-11H2,1H3,(H,22,23,27). The summed E-state index contributed by atoms with van der Waals surface area (Å²) in [5.41, 5.74) is 2.84. The number of benzene rings is 1. The predicted octanol–water partition coefficient (Wildman–Crippen LogP) is 3.63. The number of thiazole rings is 1. The SMILES string of the molecule is CC(=O)Nc1ccc(N2CCN(c3nc(-c4ccc(F)cc4)cs3)CC2)cn1. The van der Waals surface area contributed by atoms with Gasteiger partial charge >= 0.3 is 0 Å². The molecular formula is C20H20FN5OS. The molecule has 0 radical (unpaired) electrons. The van der Waals surface area contributed by atoms with E-state index in [2.05, 4.69) is 20.1 Å². The van der Waals surface area contributed by atoms with E-state index in [1.54, 1.807) is 29.7 Å². The summed E-state index contributed by atoms with van der Waals surface area (Å²) in [7, 11) is 0. The Balaban J connectivity index is 1.38. The second-order valence-corrected chi connectivity index (χ2v) is 7.42. The van der Waals surface area contributed by atoms with Crippen LogP contribution in [0.2, 0.25) is 0 Å². The molecule has 0 aliphatic carbocycles. The van der Waals surface area contributed by atoms with E-state index in [1.807, 2.05) is 17.5 Å². The summed E-state index contributed by atoms with van der Waals surface area (Å²) in [6.45, 7) is 4.93. The number of anilines is 3. The van der Waals surface area contributed by atoms with Crippen LogP contribution in [0.25, 0.3) is 11.3 Å². The Labute approximate surface area is 166 Å². The minimum atomic E-state index is -0.241. The maximum absolute atomic E-state index is 13.1. The third-order valence-electron chi connectivity index (χ3n) is 4.60. The normalized spacial score (nSPS) is 14.2. The topological polar surface area (TPSA) is 61.4 Å². The van der Waals surface area contributed by atoms with E-state index in [-0.39, 0.29) is 11.7 Å². The van der Waals surface area contributed by atoms with Gasteiger partial charge in [0.25, 0.3) is 0 Å². The molecule has 1 aliphatic rings. The fourth-order valence-corrected chi connectivity index (χ4v) is 4.03. The Hall–Kier alpha value is -3.00. The number of carbonyl (C=O) groups excluding carboxylic acids is 1. The Kier molecular flexibility index (Phi) is 5.21. The molecule has 0 spiro atoms. The first-order chi connectivity index (χ1) is 13.6. The van der Waals surface area contributed by atoms with Crippen molar-refractivity contribution in [2.45, 2.75) is 6.92 Å². The van der Waals surface area contributed by atoms with Gasteiger partial charge in [-0.25, -0.2) is 14.4 Å². The second-order valence-electron chi connectivity index (χ2n) is 6.58. The molecule has 28 heavy (non-hydrogen) atoms. The summed E-state index contributed by atoms with van der Waals surface area (Å²) in [4.78, 5) is 24.6. The largest absolute Gasteiger partial charge is 0.367 e. The van der Waals surface area contributed by atoms with E-state index in [1.165, 1.54) is 19.1 Å². The lowest BCUT2D eigenvalue weighted by Crippen LogP contribution is -2.46. The van der Waals surface area contributed by atoms with Crippen LogP contribution in [0.15, 0.2) is 48.0 Å². The number of hydrogen-bond acceptors (Lipinski definition) is 6. The molecule has 0 atom stereocenters. The highest BCUT2D eigenvalue weighted by molar-refractivity contribution is 7.14. The Morgan fingerprint density at radius 1 is 1.07 bits per heavy atom. The van der Waals surface area contributed by atoms with Crippen LogP contribution in [0.5, 0.6) is 0 Å². The van der Waals surface area contributed by atoms with Crippen molar-refractivity contribution in [3.8, 4) is 11.3 Å². The first kappa shape index (κ1) is 18.4. The molecule has 2 aromatic heterocycles. The molecule has 4 rings (SSSR count). The maximum Gasteiger partial charge on any atom is 0.222 e. The monoisotopic (exact) mass is 397 g/mol. The summed E-state index contributed by atoms with van der Waals surface area (Å²) >= 11 is 1.61. The smallest absolute Gasteiger partial charge is 0.222 e. The van der Waals surface area contributed by atoms with Crippen LogP contribution in [0, 0.1) is 5.82 Å². The van der Waals surface area contributed by atoms with E-state index in [0.717, 1.165) is 48.3 Å². The van der Waals surface area contributed by atoms with E-state index >= 15 is 0 Å². The summed E-state index contributed by atoms with van der Waals surface area (Å²) in [5.74, 6) is 0.193. The molecule has 1 saturated heterocycles. The summed E-state index contributed by atoms with van der Waals surface area (Å²) in [6.07, 6.45) is 1.79. The first-order valence-electron chi connectivity index (χ1n) is 9.03. The molecule has 6 nitrogen and oxygen atoms in total. The molecular weight excluding hydrogens is 377 g/mol. The van der Waals surface area contributed by atoms with Crippen molar-refractivity contribution >= 4 is 33.9 Å². The van der Waals surface area contributed by atoms with Crippen molar-refractivity contribution in [2.24, 2.45) is 0 Å². The molecule has 1 fully saturated rings. The zero-order valence-electron chi connectivity index (χ0n) is 15.4. The summed E-state index contributed by atoms with van der Waals surface area (Å²) < 4.78 is 13.1. The lowest BCUT2D eigenvalue weighted by atomic mass is 10.2. The number of amides is 1. The second kappa shape index (κ2) is 7.93. The lowest BCUT2D eigenvalue weighted by molar-refractivity contribution is -0.114. The van der Waals surface area contributed by atoms with Gasteiger partial charge in [-0.2, -0.15) is 0 Å². The van der Waals surface area contributed by atoms with Crippen molar-refractivity contribution in [1.82, 2.24) is 9.97 Å². The molecule has 1 N–H and O–H groups in total. The van der Waals surface area contributed by atoms with Gasteiger partial charge in [0.2, 0.25) is 5.91 Å². The van der Waals surface area contributed by atoms with Crippen LogP contribution >= 0.6 is 11.3 Å². The Morgan fingerprint density at radius 3 is 2.43 bits per heavy atom. The van der Waals surface area contributed by atoms with Crippen LogP contribution < -0.4 is 15.1 Å². The number of nitrogens with zero attached hydrogens (tertiary/aromatic N) is 4. The number of carbonyl (C=O) groups is 1. The average Bonchev–Trinajstić information content (AvgIpc) is 3.19. The van der Waals surface area contributed by atoms with Gasteiger partial charge in [0.05, 0.1) is 17.6 Å². The molecule has 1 aliphatic heterocycles. The summed E-state index contributed by atoms with van der Waals surface area (Å²) in [6, 6.07) is 10.2. The number of rotatable bonds is 4. The van der Waals surface area contributed by atoms with Crippen LogP contribution in [0.1, 0.15) is 6.92 Å². The zero-order valence-corrected chi connectivity index (χ0v) is 16.2. The van der Waals surface area contributed by atoms with Crippen molar-refractivity contribution in [3.05, 3.63) is 53.8 Å². The zero-order chi connectivity index (χ0) is 19.5. The molecule has 1 amide bonds. The predicted molar refractivity (Wildman–Crippen MR) is 110 cm³/mol. The molecule has 8 heteroatoms. The van der Waals surface area contributed by atoms with Crippen molar-refractivity contribution in [3.63, 3.8) is 0 Å². The third kappa shape index (κ3) is 4.12. The van der Waals surface area contributed by atoms with E-state index in [9.17, 15) is 9.18 Å². The molecule has 0 unspecified atom stereocenters. The van der Waals surface area contributed by atoms with Crippen LogP contribution in [0.3, 0.4) is 0 Å². The lowest BCUT2D eigenvalue weighted by Gasteiger charge is -2.35. The van der Waals surface area contributed by atoms with Crippen molar-refractivity contribution in [1.29, 1.82) is 0 Å². The van der Waals surface area contributed by atoms with Gasteiger partial charge in [0.15, 0.2) is 5.13 Å². The summed E-state index contributed by atoms with van der Waals surface area (Å²) in [5, 5.41) is 5.68. The van der Waals surface area contributed by atoms with Gasteiger partial charge in [-0.05, 0) is 36.4 Å². The minimum Gasteiger partial charge on any atom is -0.367 e. The molecule has 0 bridgehead atoms. The van der Waals surface area contributed by atoms with Gasteiger partial charge in [0, 0.05) is 44.0 Å². The highest BCUT2D eigenvalue weighted by Gasteiger charge is 2.20. The minimum absolute atomic E-state index is 0.127. The fourth-order valence-electron chi connectivity index (χ4n) is 3.15. The van der Waals surface area contributed by atoms with Gasteiger partial charge in [0.1, 0.15) is 11.6 Å². The maximum atomic E-state index is 13.1. The highest BCUT2D eigenvalue weighted by Crippen LogP contribution is 2.29. The van der Waals surface area contributed by atoms with E-state index < -0.39 is 0 Å². The Bertz CT molecular complexity index is 949. The number of hydrogen-bond donors (Lipinski definition) is 1. The number of piperazine rings is 1. The van der Waals surface area contributed by atoms with Crippen LogP contribution in [0.4, 0.5) is 21.0 Å². The quantitative estimate of drug-likeness (QED) is 0.729. The average molecular weight is 397 g/mol. The van der Waals surface area contributed by atoms with Crippen LogP contribution in [-0.2, 0) is 4.79 Å². The molecule has 3 heterocycles. The number of pyridine rings is 1. The number of halogens is 1. The van der Waals surface area contributed by atoms with Gasteiger partial charge in [-0.15, -0.1) is 11.3 Å². The molecule has 3 aromatic rings. The van der Waals surface area contributed by atoms with Gasteiger partial charge in [-0.3, -0.25) is 4.79 Å². The first-order valence-corrected chi connectivity index (χ1v) is 9.91. The number of aromatic nitrogens is 2. The number of nitrogens with one attached hydrogen (secondary N) is 1. The van der Waals surface area contributed by atoms with Crippen molar-refractivity contribution < 1.29 is 9.18 Å².